The predicted octanol–water partition coefficient (Wildman–Crippen LogP) is 8.22. The van der Waals surface area contributed by atoms with Crippen molar-refractivity contribution in [3.8, 4) is 0 Å². The van der Waals surface area contributed by atoms with Crippen LogP contribution in [0.2, 0.25) is 0 Å². The Hall–Kier alpha value is -0.550. The van der Waals surface area contributed by atoms with Crippen LogP contribution >= 0.6 is 7.92 Å². The van der Waals surface area contributed by atoms with Gasteiger partial charge in [-0.15, -0.1) is 0 Å². The van der Waals surface area contributed by atoms with Gasteiger partial charge >= 0.3 is 0 Å². The maximum atomic E-state index is 2.08. The van der Waals surface area contributed by atoms with E-state index in [1.54, 1.807) is 77.0 Å². The molecule has 158 valence electrons. The lowest BCUT2D eigenvalue weighted by Crippen LogP contribution is -2.28. The van der Waals surface area contributed by atoms with Gasteiger partial charge in [-0.05, 0) is 67.6 Å². The summed E-state index contributed by atoms with van der Waals surface area (Å²) in [4.78, 5) is 2.08. The van der Waals surface area contributed by atoms with Crippen molar-refractivity contribution in [3.63, 3.8) is 0 Å². The van der Waals surface area contributed by atoms with E-state index in [1.165, 1.54) is 41.9 Å². The Labute approximate surface area is 176 Å². The molecule has 0 aromatic heterocycles. The van der Waals surface area contributed by atoms with Crippen molar-refractivity contribution in [3.05, 3.63) is 30.3 Å². The summed E-state index contributed by atoms with van der Waals surface area (Å²) in [5, 5.41) is 0. The fraction of sp³-hybridized carbons (Fsp3) is 0.769. The van der Waals surface area contributed by atoms with Crippen LogP contribution in [0.5, 0.6) is 0 Å². The summed E-state index contributed by atoms with van der Waals surface area (Å²) in [7, 11) is 4.46. The van der Waals surface area contributed by atoms with Gasteiger partial charge in [0, 0.05) is 19.8 Å². The zero-order chi connectivity index (χ0) is 19.6. The van der Waals surface area contributed by atoms with Crippen LogP contribution in [0.4, 0.5) is 5.69 Å². The lowest BCUT2D eigenvalue weighted by Gasteiger charge is -2.44. The minimum atomic E-state index is 0.385. The molecule has 0 unspecified atom stereocenters. The average molecular weight is 402 g/mol. The number of benzene rings is 1. The molecule has 3 fully saturated rings. The molecule has 1 aromatic rings. The average Bonchev–Trinajstić information content (AvgIpc) is 2.77. The van der Waals surface area contributed by atoms with Gasteiger partial charge in [-0.3, -0.25) is 0 Å². The van der Waals surface area contributed by atoms with Gasteiger partial charge in [0.15, 0.2) is 0 Å². The summed E-state index contributed by atoms with van der Waals surface area (Å²) in [6.07, 6.45) is 23.6. The number of anilines is 1. The van der Waals surface area contributed by atoms with Crippen molar-refractivity contribution in [1.82, 2.24) is 0 Å². The Bertz CT molecular complexity index is 468. The molecule has 0 saturated heterocycles. The summed E-state index contributed by atoms with van der Waals surface area (Å²) in [6.45, 7) is 0. The fourth-order valence-corrected chi connectivity index (χ4v) is 10.4. The number of nitrogens with zero attached hydrogens (tertiary/aromatic N) is 1. The second-order valence-corrected chi connectivity index (χ2v) is 12.6. The maximum absolute atomic E-state index is 2.08. The van der Waals surface area contributed by atoms with Crippen LogP contribution in [0, 0.1) is 0 Å². The van der Waals surface area contributed by atoms with Gasteiger partial charge in [0.1, 0.15) is 0 Å². The minimum Gasteiger partial charge on any atom is -0.378 e. The first-order valence-electron chi connectivity index (χ1n) is 12.3. The lowest BCUT2D eigenvalue weighted by molar-refractivity contribution is 0.460. The van der Waals surface area contributed by atoms with E-state index >= 15 is 0 Å². The van der Waals surface area contributed by atoms with Gasteiger partial charge in [0.25, 0.3) is 0 Å². The first kappa shape index (κ1) is 22.1. The van der Waals surface area contributed by atoms with Crippen LogP contribution in [0.3, 0.4) is 0 Å². The number of rotatable bonds is 4. The maximum Gasteiger partial charge on any atom is 0.0360 e. The van der Waals surface area contributed by atoms with Crippen LogP contribution in [0.25, 0.3) is 0 Å². The van der Waals surface area contributed by atoms with E-state index in [4.69, 9.17) is 0 Å². The molecule has 0 radical (unpaired) electrons. The van der Waals surface area contributed by atoms with E-state index < -0.39 is 0 Å². The van der Waals surface area contributed by atoms with Crippen LogP contribution < -0.4 is 4.90 Å². The minimum absolute atomic E-state index is 0.385. The van der Waals surface area contributed by atoms with E-state index in [0.29, 0.717) is 7.92 Å². The molecule has 0 amide bonds. The third kappa shape index (κ3) is 6.76. The first-order valence-corrected chi connectivity index (χ1v) is 13.8. The molecular weight excluding hydrogens is 357 g/mol. The second-order valence-electron chi connectivity index (χ2n) is 9.55. The van der Waals surface area contributed by atoms with Crippen molar-refractivity contribution < 1.29 is 0 Å². The molecule has 0 atom stereocenters. The summed E-state index contributed by atoms with van der Waals surface area (Å²) in [6, 6.07) is 10.3. The molecule has 1 aromatic carbocycles. The molecule has 0 spiro atoms. The van der Waals surface area contributed by atoms with E-state index in [0.717, 1.165) is 0 Å². The van der Waals surface area contributed by atoms with E-state index in [-0.39, 0.29) is 0 Å². The highest BCUT2D eigenvalue weighted by Crippen LogP contribution is 2.61. The van der Waals surface area contributed by atoms with Gasteiger partial charge in [-0.2, -0.15) is 0 Å². The van der Waals surface area contributed by atoms with Gasteiger partial charge in [0.2, 0.25) is 0 Å². The van der Waals surface area contributed by atoms with Gasteiger partial charge in [0.05, 0.1) is 0 Å². The molecule has 3 aliphatic carbocycles. The molecule has 1 nitrogen and oxygen atoms in total. The quantitative estimate of drug-likeness (QED) is 0.459. The molecule has 4 rings (SSSR count). The van der Waals surface area contributed by atoms with Crippen LogP contribution in [-0.4, -0.2) is 31.1 Å². The smallest absolute Gasteiger partial charge is 0.0360 e. The highest BCUT2D eigenvalue weighted by molar-refractivity contribution is 7.60. The Morgan fingerprint density at radius 1 is 0.571 bits per heavy atom. The molecule has 3 aliphatic rings. The Balaban J connectivity index is 0.000000211. The molecular formula is C26H44NP. The topological polar surface area (TPSA) is 3.24 Å². The normalized spacial score (nSPS) is 22.5. The lowest BCUT2D eigenvalue weighted by atomic mass is 9.99. The number of hydrogen-bond donors (Lipinski definition) is 0. The van der Waals surface area contributed by atoms with E-state index in [9.17, 15) is 0 Å². The van der Waals surface area contributed by atoms with E-state index in [1.807, 2.05) is 32.3 Å². The third-order valence-corrected chi connectivity index (χ3v) is 11.3. The number of para-hydroxylation sites is 1. The first-order chi connectivity index (χ1) is 13.8. The van der Waals surface area contributed by atoms with Crippen LogP contribution in [0.15, 0.2) is 30.3 Å². The zero-order valence-corrected chi connectivity index (χ0v) is 19.5. The van der Waals surface area contributed by atoms with Crippen molar-refractivity contribution in [2.75, 3.05) is 19.0 Å². The van der Waals surface area contributed by atoms with Crippen molar-refractivity contribution in [2.45, 2.75) is 113 Å². The summed E-state index contributed by atoms with van der Waals surface area (Å²) in [5.41, 5.74) is 4.82. The monoisotopic (exact) mass is 401 g/mol. The molecule has 0 N–H and O–H groups in total. The fourth-order valence-electron chi connectivity index (χ4n) is 5.76. The molecule has 0 heterocycles. The highest BCUT2D eigenvalue weighted by Gasteiger charge is 2.36. The molecule has 28 heavy (non-hydrogen) atoms. The van der Waals surface area contributed by atoms with Crippen LogP contribution in [-0.2, 0) is 0 Å². The molecule has 3 saturated carbocycles. The zero-order valence-electron chi connectivity index (χ0n) is 18.6. The molecule has 0 bridgehead atoms. The third-order valence-electron chi connectivity index (χ3n) is 7.26. The molecule has 0 aliphatic heterocycles. The van der Waals surface area contributed by atoms with Crippen molar-refractivity contribution in [1.29, 1.82) is 0 Å². The Kier molecular flexibility index (Phi) is 9.66. The summed E-state index contributed by atoms with van der Waals surface area (Å²) in [5.74, 6) is 0. The Morgan fingerprint density at radius 2 is 0.929 bits per heavy atom. The van der Waals surface area contributed by atoms with Gasteiger partial charge in [-0.25, -0.2) is 0 Å². The highest BCUT2D eigenvalue weighted by atomic mass is 31.1. The van der Waals surface area contributed by atoms with E-state index in [2.05, 4.69) is 17.0 Å². The summed E-state index contributed by atoms with van der Waals surface area (Å²) >= 11 is 0. The Morgan fingerprint density at radius 3 is 1.21 bits per heavy atom. The van der Waals surface area contributed by atoms with Crippen molar-refractivity contribution in [2.24, 2.45) is 0 Å². The SMILES string of the molecule is C1CCC(P(C2CCCCC2)C2CCCCC2)CC1.CN(C)c1ccccc1. The second kappa shape index (κ2) is 12.2. The van der Waals surface area contributed by atoms with Crippen LogP contribution in [0.1, 0.15) is 96.3 Å². The largest absolute Gasteiger partial charge is 0.378 e. The van der Waals surface area contributed by atoms with Crippen molar-refractivity contribution >= 4 is 13.6 Å². The summed E-state index contributed by atoms with van der Waals surface area (Å²) < 4.78 is 0. The predicted molar refractivity (Wildman–Crippen MR) is 128 cm³/mol. The standard InChI is InChI=1S/C18H33P.C8H11N/c1-4-10-16(11-5-1)19(17-12-6-2-7-13-17)18-14-8-3-9-15-18;1-9(2)8-6-4-3-5-7-8/h16-18H,1-15H2;3-7H,1-2H3. The molecule has 2 heteroatoms. The van der Waals surface area contributed by atoms with Gasteiger partial charge in [-0.1, -0.05) is 83.9 Å². The number of hydrogen-bond acceptors (Lipinski definition) is 1. The van der Waals surface area contributed by atoms with Gasteiger partial charge < -0.3 is 4.90 Å².